The highest BCUT2D eigenvalue weighted by molar-refractivity contribution is 5.90. The lowest BCUT2D eigenvalue weighted by Crippen LogP contribution is -2.39. The van der Waals surface area contributed by atoms with Gasteiger partial charge >= 0.3 is 12.0 Å². The van der Waals surface area contributed by atoms with Gasteiger partial charge in [0, 0.05) is 18.3 Å². The molecule has 1 unspecified atom stereocenters. The first-order valence-corrected chi connectivity index (χ1v) is 6.84. The Morgan fingerprint density at radius 3 is 2.80 bits per heavy atom. The van der Waals surface area contributed by atoms with Crippen molar-refractivity contribution in [2.75, 3.05) is 11.9 Å². The number of urea groups is 1. The van der Waals surface area contributed by atoms with Crippen LogP contribution in [0.2, 0.25) is 0 Å². The molecule has 1 aliphatic heterocycles. The average molecular weight is 276 g/mol. The summed E-state index contributed by atoms with van der Waals surface area (Å²) in [5, 5.41) is 11.8. The zero-order chi connectivity index (χ0) is 14.7. The lowest BCUT2D eigenvalue weighted by atomic mass is 10.1. The number of benzene rings is 1. The largest absolute Gasteiger partial charge is 0.481 e. The minimum absolute atomic E-state index is 0.0142. The molecule has 0 bridgehead atoms. The van der Waals surface area contributed by atoms with Crippen molar-refractivity contribution in [3.63, 3.8) is 0 Å². The number of hydrogen-bond acceptors (Lipinski definition) is 2. The van der Waals surface area contributed by atoms with Gasteiger partial charge in [-0.15, -0.1) is 0 Å². The number of nitrogens with zero attached hydrogens (tertiary/aromatic N) is 1. The quantitative estimate of drug-likeness (QED) is 0.891. The SMILES string of the molecule is Cc1ccc(NC(=O)N2CCCC2CC(=O)O)c(C)c1. The molecule has 0 saturated carbocycles. The van der Waals surface area contributed by atoms with Crippen molar-refractivity contribution in [2.45, 2.75) is 39.2 Å². The number of carboxylic acid groups (broad SMARTS) is 1. The number of anilines is 1. The summed E-state index contributed by atoms with van der Waals surface area (Å²) < 4.78 is 0. The monoisotopic (exact) mass is 276 g/mol. The van der Waals surface area contributed by atoms with Crippen molar-refractivity contribution in [2.24, 2.45) is 0 Å². The van der Waals surface area contributed by atoms with Gasteiger partial charge in [0.15, 0.2) is 0 Å². The maximum atomic E-state index is 12.3. The predicted octanol–water partition coefficient (Wildman–Crippen LogP) is 2.77. The highest BCUT2D eigenvalue weighted by atomic mass is 16.4. The first kappa shape index (κ1) is 14.4. The number of rotatable bonds is 3. The van der Waals surface area contributed by atoms with E-state index in [1.54, 1.807) is 4.90 Å². The highest BCUT2D eigenvalue weighted by Crippen LogP contribution is 2.22. The number of amides is 2. The minimum atomic E-state index is -0.860. The molecule has 5 nitrogen and oxygen atoms in total. The van der Waals surface area contributed by atoms with Crippen LogP contribution in [-0.4, -0.2) is 34.6 Å². The summed E-state index contributed by atoms with van der Waals surface area (Å²) in [6.07, 6.45) is 1.63. The van der Waals surface area contributed by atoms with Crippen LogP contribution >= 0.6 is 0 Å². The number of hydrogen-bond donors (Lipinski definition) is 2. The van der Waals surface area contributed by atoms with Gasteiger partial charge in [-0.2, -0.15) is 0 Å². The van der Waals surface area contributed by atoms with Gasteiger partial charge in [0.1, 0.15) is 0 Å². The zero-order valence-electron chi connectivity index (χ0n) is 11.8. The molecule has 20 heavy (non-hydrogen) atoms. The first-order valence-electron chi connectivity index (χ1n) is 6.84. The molecule has 1 fully saturated rings. The summed E-state index contributed by atoms with van der Waals surface area (Å²) in [4.78, 5) is 24.7. The van der Waals surface area contributed by atoms with E-state index in [9.17, 15) is 9.59 Å². The van der Waals surface area contributed by atoms with E-state index in [1.165, 1.54) is 0 Å². The first-order chi connectivity index (χ1) is 9.47. The van der Waals surface area contributed by atoms with Crippen LogP contribution in [0.4, 0.5) is 10.5 Å². The molecule has 0 aromatic heterocycles. The Balaban J connectivity index is 2.05. The molecule has 5 heteroatoms. The smallest absolute Gasteiger partial charge is 0.322 e. The number of aliphatic carboxylic acids is 1. The summed E-state index contributed by atoms with van der Waals surface area (Å²) in [6, 6.07) is 5.43. The standard InChI is InChI=1S/C15H20N2O3/c1-10-5-6-13(11(2)8-10)16-15(20)17-7-3-4-12(17)9-14(18)19/h5-6,8,12H,3-4,7,9H2,1-2H3,(H,16,20)(H,18,19). The fraction of sp³-hybridized carbons (Fsp3) is 0.467. The van der Waals surface area contributed by atoms with Gasteiger partial charge in [-0.25, -0.2) is 4.79 Å². The Morgan fingerprint density at radius 2 is 2.15 bits per heavy atom. The van der Waals surface area contributed by atoms with E-state index >= 15 is 0 Å². The topological polar surface area (TPSA) is 69.6 Å². The maximum Gasteiger partial charge on any atom is 0.322 e. The maximum absolute atomic E-state index is 12.3. The van der Waals surface area contributed by atoms with E-state index in [1.807, 2.05) is 32.0 Å². The number of likely N-dealkylation sites (tertiary alicyclic amines) is 1. The van der Waals surface area contributed by atoms with Crippen LogP contribution in [0.25, 0.3) is 0 Å². The third-order valence-electron chi connectivity index (χ3n) is 3.67. The third kappa shape index (κ3) is 3.29. The molecule has 2 N–H and O–H groups in total. The van der Waals surface area contributed by atoms with E-state index in [4.69, 9.17) is 5.11 Å². The van der Waals surface area contributed by atoms with Gasteiger partial charge in [-0.05, 0) is 38.3 Å². The molecule has 1 aromatic carbocycles. The van der Waals surface area contributed by atoms with Crippen molar-refractivity contribution >= 4 is 17.7 Å². The van der Waals surface area contributed by atoms with Crippen LogP contribution in [-0.2, 0) is 4.79 Å². The lowest BCUT2D eigenvalue weighted by Gasteiger charge is -2.24. The van der Waals surface area contributed by atoms with Gasteiger partial charge in [0.05, 0.1) is 6.42 Å². The van der Waals surface area contributed by atoms with Crippen LogP contribution in [0.3, 0.4) is 0 Å². The summed E-state index contributed by atoms with van der Waals surface area (Å²) >= 11 is 0. The number of nitrogens with one attached hydrogen (secondary N) is 1. The van der Waals surface area contributed by atoms with Crippen LogP contribution in [0, 0.1) is 13.8 Å². The second kappa shape index (κ2) is 5.94. The Labute approximate surface area is 118 Å². The summed E-state index contributed by atoms with van der Waals surface area (Å²) in [6.45, 7) is 4.57. The molecule has 2 rings (SSSR count). The fourth-order valence-corrected chi connectivity index (χ4v) is 2.66. The Hall–Kier alpha value is -2.04. The van der Waals surface area contributed by atoms with Crippen LogP contribution in [0.15, 0.2) is 18.2 Å². The Morgan fingerprint density at radius 1 is 1.40 bits per heavy atom. The Bertz CT molecular complexity index is 528. The molecular weight excluding hydrogens is 256 g/mol. The van der Waals surface area contributed by atoms with Crippen LogP contribution in [0.5, 0.6) is 0 Å². The van der Waals surface area contributed by atoms with Gasteiger partial charge in [0.2, 0.25) is 0 Å². The number of carboxylic acids is 1. The third-order valence-corrected chi connectivity index (χ3v) is 3.67. The molecule has 2 amide bonds. The van der Waals surface area contributed by atoms with E-state index in [0.717, 1.165) is 29.7 Å². The number of aryl methyl sites for hydroxylation is 2. The van der Waals surface area contributed by atoms with Gasteiger partial charge < -0.3 is 15.3 Å². The van der Waals surface area contributed by atoms with Gasteiger partial charge in [-0.1, -0.05) is 17.7 Å². The average Bonchev–Trinajstić information content (AvgIpc) is 2.80. The zero-order valence-corrected chi connectivity index (χ0v) is 11.8. The molecule has 1 aromatic rings. The van der Waals surface area contributed by atoms with Crippen LogP contribution < -0.4 is 5.32 Å². The van der Waals surface area contributed by atoms with Gasteiger partial charge in [-0.3, -0.25) is 4.79 Å². The predicted molar refractivity (Wildman–Crippen MR) is 76.9 cm³/mol. The minimum Gasteiger partial charge on any atom is -0.481 e. The second-order valence-electron chi connectivity index (χ2n) is 5.34. The molecular formula is C15H20N2O3. The van der Waals surface area contributed by atoms with Crippen molar-refractivity contribution < 1.29 is 14.7 Å². The van der Waals surface area contributed by atoms with E-state index in [-0.39, 0.29) is 18.5 Å². The Kier molecular flexibility index (Phi) is 4.27. The molecule has 0 radical (unpaired) electrons. The molecule has 0 aliphatic carbocycles. The normalized spacial score (nSPS) is 18.1. The van der Waals surface area contributed by atoms with Crippen molar-refractivity contribution in [1.82, 2.24) is 4.90 Å². The number of carbonyl (C=O) groups excluding carboxylic acids is 1. The summed E-state index contributed by atoms with van der Waals surface area (Å²) in [5.41, 5.74) is 2.93. The van der Waals surface area contributed by atoms with Gasteiger partial charge in [0.25, 0.3) is 0 Å². The number of carbonyl (C=O) groups is 2. The second-order valence-corrected chi connectivity index (χ2v) is 5.34. The molecule has 1 heterocycles. The molecule has 108 valence electrons. The van der Waals surface area contributed by atoms with E-state index in [2.05, 4.69) is 5.32 Å². The molecule has 1 atom stereocenters. The van der Waals surface area contributed by atoms with E-state index < -0.39 is 5.97 Å². The highest BCUT2D eigenvalue weighted by Gasteiger charge is 2.30. The summed E-state index contributed by atoms with van der Waals surface area (Å²) in [5.74, 6) is -0.860. The summed E-state index contributed by atoms with van der Waals surface area (Å²) in [7, 11) is 0. The lowest BCUT2D eigenvalue weighted by molar-refractivity contribution is -0.137. The molecule has 1 aliphatic rings. The fourth-order valence-electron chi connectivity index (χ4n) is 2.66. The molecule has 1 saturated heterocycles. The van der Waals surface area contributed by atoms with Crippen molar-refractivity contribution in [3.05, 3.63) is 29.3 Å². The van der Waals surface area contributed by atoms with Crippen molar-refractivity contribution in [1.29, 1.82) is 0 Å². The van der Waals surface area contributed by atoms with E-state index in [0.29, 0.717) is 6.54 Å². The molecule has 0 spiro atoms. The van der Waals surface area contributed by atoms with Crippen LogP contribution in [0.1, 0.15) is 30.4 Å². The van der Waals surface area contributed by atoms with Crippen molar-refractivity contribution in [3.8, 4) is 0 Å².